The van der Waals surface area contributed by atoms with Gasteiger partial charge >= 0.3 is 0 Å². The van der Waals surface area contributed by atoms with Gasteiger partial charge in [-0.25, -0.2) is 8.42 Å². The zero-order valence-corrected chi connectivity index (χ0v) is 11.8. The lowest BCUT2D eigenvalue weighted by Crippen LogP contribution is -2.38. The number of furan rings is 1. The summed E-state index contributed by atoms with van der Waals surface area (Å²) >= 11 is 0. The first-order valence-corrected chi connectivity index (χ1v) is 8.47. The van der Waals surface area contributed by atoms with Crippen LogP contribution in [0.25, 0.3) is 0 Å². The van der Waals surface area contributed by atoms with Crippen LogP contribution in [0, 0.1) is 5.92 Å². The van der Waals surface area contributed by atoms with Gasteiger partial charge in [0.2, 0.25) is 0 Å². The monoisotopic (exact) mass is 271 g/mol. The molecule has 1 aliphatic heterocycles. The summed E-state index contributed by atoms with van der Waals surface area (Å²) in [7, 11) is -2.90. The van der Waals surface area contributed by atoms with Crippen LogP contribution in [-0.2, 0) is 9.84 Å². The fourth-order valence-electron chi connectivity index (χ4n) is 2.52. The fraction of sp³-hybridized carbons (Fsp3) is 0.692. The standard InChI is InChI=1S/C13H21NO3S/c1-11-5-6-14(7-9-18(2,15)16)12(10-11)13-4-3-8-17-13/h3-4,8,11-12H,5-7,9-10H2,1-2H3/t11-,12+/m1/s1. The molecule has 4 nitrogen and oxygen atoms in total. The number of nitrogens with zero attached hydrogens (tertiary/aromatic N) is 1. The average Bonchev–Trinajstić information content (AvgIpc) is 2.79. The highest BCUT2D eigenvalue weighted by molar-refractivity contribution is 7.90. The van der Waals surface area contributed by atoms with E-state index in [0.717, 1.165) is 25.1 Å². The van der Waals surface area contributed by atoms with Crippen molar-refractivity contribution in [2.24, 2.45) is 5.92 Å². The van der Waals surface area contributed by atoms with E-state index in [1.54, 1.807) is 6.26 Å². The lowest BCUT2D eigenvalue weighted by atomic mass is 9.91. The van der Waals surface area contributed by atoms with Crippen molar-refractivity contribution in [3.05, 3.63) is 24.2 Å². The van der Waals surface area contributed by atoms with E-state index >= 15 is 0 Å². The van der Waals surface area contributed by atoms with Crippen molar-refractivity contribution >= 4 is 9.84 Å². The Morgan fingerprint density at radius 2 is 2.28 bits per heavy atom. The molecule has 0 aliphatic carbocycles. The Labute approximate surface area is 109 Å². The molecule has 5 heteroatoms. The Morgan fingerprint density at radius 3 is 2.89 bits per heavy atom. The first-order chi connectivity index (χ1) is 8.46. The summed E-state index contributed by atoms with van der Waals surface area (Å²) in [5.74, 6) is 1.84. The number of likely N-dealkylation sites (tertiary alicyclic amines) is 1. The van der Waals surface area contributed by atoms with Gasteiger partial charge < -0.3 is 4.42 Å². The molecule has 0 radical (unpaired) electrons. The maximum atomic E-state index is 11.3. The van der Waals surface area contributed by atoms with Crippen molar-refractivity contribution in [3.8, 4) is 0 Å². The van der Waals surface area contributed by atoms with Crippen molar-refractivity contribution in [1.82, 2.24) is 4.90 Å². The fourth-order valence-corrected chi connectivity index (χ4v) is 3.08. The molecule has 1 aromatic heterocycles. The minimum absolute atomic E-state index is 0.221. The largest absolute Gasteiger partial charge is 0.468 e. The second-order valence-corrected chi connectivity index (χ2v) is 7.59. The number of hydrogen-bond donors (Lipinski definition) is 0. The van der Waals surface area contributed by atoms with E-state index < -0.39 is 9.84 Å². The van der Waals surface area contributed by atoms with Gasteiger partial charge in [0, 0.05) is 12.8 Å². The third-order valence-electron chi connectivity index (χ3n) is 3.60. The third-order valence-corrected chi connectivity index (χ3v) is 4.52. The third kappa shape index (κ3) is 3.59. The molecule has 0 unspecified atom stereocenters. The summed E-state index contributed by atoms with van der Waals surface area (Å²) < 4.78 is 28.1. The normalized spacial score (nSPS) is 26.3. The maximum Gasteiger partial charge on any atom is 0.148 e. The van der Waals surface area contributed by atoms with E-state index in [1.807, 2.05) is 12.1 Å². The van der Waals surface area contributed by atoms with Gasteiger partial charge in [-0.3, -0.25) is 4.90 Å². The number of hydrogen-bond acceptors (Lipinski definition) is 4. The highest BCUT2D eigenvalue weighted by Gasteiger charge is 2.29. The van der Waals surface area contributed by atoms with E-state index in [9.17, 15) is 8.42 Å². The summed E-state index contributed by atoms with van der Waals surface area (Å²) in [4.78, 5) is 2.24. The zero-order chi connectivity index (χ0) is 13.2. The first kappa shape index (κ1) is 13.6. The van der Waals surface area contributed by atoms with E-state index in [-0.39, 0.29) is 11.8 Å². The molecule has 18 heavy (non-hydrogen) atoms. The van der Waals surface area contributed by atoms with Crippen LogP contribution < -0.4 is 0 Å². The Bertz CT molecular complexity index is 466. The summed E-state index contributed by atoms with van der Waals surface area (Å²) in [6.45, 7) is 3.78. The molecule has 1 aliphatic rings. The maximum absolute atomic E-state index is 11.3. The SMILES string of the molecule is C[C@@H]1CCN(CCS(C)(=O)=O)[C@H](c2ccco2)C1. The molecule has 1 fully saturated rings. The van der Waals surface area contributed by atoms with Crippen LogP contribution in [0.5, 0.6) is 0 Å². The second-order valence-electron chi connectivity index (χ2n) is 5.33. The van der Waals surface area contributed by atoms with Gasteiger partial charge in [0.25, 0.3) is 0 Å². The molecule has 0 amide bonds. The van der Waals surface area contributed by atoms with Crippen molar-refractivity contribution in [3.63, 3.8) is 0 Å². The molecule has 102 valence electrons. The Morgan fingerprint density at radius 1 is 1.50 bits per heavy atom. The van der Waals surface area contributed by atoms with Crippen LogP contribution >= 0.6 is 0 Å². The zero-order valence-electron chi connectivity index (χ0n) is 11.0. The lowest BCUT2D eigenvalue weighted by Gasteiger charge is -2.37. The molecule has 2 rings (SSSR count). The molecular formula is C13H21NO3S. The average molecular weight is 271 g/mol. The molecular weight excluding hydrogens is 250 g/mol. The number of rotatable bonds is 4. The Hall–Kier alpha value is -0.810. The van der Waals surface area contributed by atoms with Crippen molar-refractivity contribution in [1.29, 1.82) is 0 Å². The minimum Gasteiger partial charge on any atom is -0.468 e. The molecule has 0 spiro atoms. The van der Waals surface area contributed by atoms with Gasteiger partial charge in [-0.2, -0.15) is 0 Å². The van der Waals surface area contributed by atoms with Gasteiger partial charge in [-0.1, -0.05) is 6.92 Å². The summed E-state index contributed by atoms with van der Waals surface area (Å²) in [6.07, 6.45) is 5.14. The van der Waals surface area contributed by atoms with E-state index in [0.29, 0.717) is 12.5 Å². The van der Waals surface area contributed by atoms with Crippen molar-refractivity contribution in [2.75, 3.05) is 25.1 Å². The lowest BCUT2D eigenvalue weighted by molar-refractivity contribution is 0.109. The molecule has 0 aromatic carbocycles. The van der Waals surface area contributed by atoms with Crippen LogP contribution in [0.2, 0.25) is 0 Å². The molecule has 1 aromatic rings. The van der Waals surface area contributed by atoms with Crippen LogP contribution in [0.1, 0.15) is 31.6 Å². The minimum atomic E-state index is -2.90. The van der Waals surface area contributed by atoms with Gasteiger partial charge in [-0.15, -0.1) is 0 Å². The Kier molecular flexibility index (Phi) is 4.12. The number of piperidine rings is 1. The van der Waals surface area contributed by atoms with E-state index in [1.165, 1.54) is 6.26 Å². The van der Waals surface area contributed by atoms with Gasteiger partial charge in [0.1, 0.15) is 15.6 Å². The predicted octanol–water partition coefficient (Wildman–Crippen LogP) is 2.10. The summed E-state index contributed by atoms with van der Waals surface area (Å²) in [5.41, 5.74) is 0. The quantitative estimate of drug-likeness (QED) is 0.841. The highest BCUT2D eigenvalue weighted by Crippen LogP contribution is 2.33. The molecule has 0 saturated carbocycles. The van der Waals surface area contributed by atoms with Crippen molar-refractivity contribution in [2.45, 2.75) is 25.8 Å². The van der Waals surface area contributed by atoms with Crippen molar-refractivity contribution < 1.29 is 12.8 Å². The number of sulfone groups is 1. The summed E-state index contributed by atoms with van der Waals surface area (Å²) in [5, 5.41) is 0. The van der Waals surface area contributed by atoms with Crippen LogP contribution in [0.4, 0.5) is 0 Å². The molecule has 0 bridgehead atoms. The second kappa shape index (κ2) is 5.45. The predicted molar refractivity (Wildman–Crippen MR) is 71.1 cm³/mol. The van der Waals surface area contributed by atoms with E-state index in [2.05, 4.69) is 11.8 Å². The topological polar surface area (TPSA) is 50.5 Å². The van der Waals surface area contributed by atoms with Crippen LogP contribution in [0.15, 0.2) is 22.8 Å². The van der Waals surface area contributed by atoms with Crippen LogP contribution in [-0.4, -0.2) is 38.4 Å². The summed E-state index contributed by atoms with van der Waals surface area (Å²) in [6, 6.07) is 4.10. The Balaban J connectivity index is 2.06. The highest BCUT2D eigenvalue weighted by atomic mass is 32.2. The van der Waals surface area contributed by atoms with Gasteiger partial charge in [0.15, 0.2) is 0 Å². The first-order valence-electron chi connectivity index (χ1n) is 6.41. The smallest absolute Gasteiger partial charge is 0.148 e. The molecule has 0 N–H and O–H groups in total. The molecule has 1 saturated heterocycles. The molecule has 2 heterocycles. The van der Waals surface area contributed by atoms with Crippen LogP contribution in [0.3, 0.4) is 0 Å². The van der Waals surface area contributed by atoms with E-state index in [4.69, 9.17) is 4.42 Å². The molecule has 2 atom stereocenters. The van der Waals surface area contributed by atoms with Gasteiger partial charge in [-0.05, 0) is 37.4 Å². The van der Waals surface area contributed by atoms with Gasteiger partial charge in [0.05, 0.1) is 18.1 Å².